The average Bonchev–Trinajstić information content (AvgIpc) is 3.13. The number of anilines is 2. The summed E-state index contributed by atoms with van der Waals surface area (Å²) in [6.07, 6.45) is 1.35. The molecule has 3 N–H and O–H groups in total. The zero-order chi connectivity index (χ0) is 19.4. The largest absolute Gasteiger partial charge is 0.496 e. The fourth-order valence-corrected chi connectivity index (χ4v) is 3.60. The Bertz CT molecular complexity index is 796. The van der Waals surface area contributed by atoms with Crippen molar-refractivity contribution < 1.29 is 9.47 Å². The minimum Gasteiger partial charge on any atom is -0.496 e. The van der Waals surface area contributed by atoms with E-state index in [1.165, 1.54) is 0 Å². The monoisotopic (exact) mass is 371 g/mol. The lowest BCUT2D eigenvalue weighted by atomic mass is 10.0. The zero-order valence-electron chi connectivity index (χ0n) is 16.6. The Hall–Kier alpha value is -2.38. The summed E-state index contributed by atoms with van der Waals surface area (Å²) in [4.78, 5) is 11.0. The molecule has 0 radical (unpaired) electrons. The summed E-state index contributed by atoms with van der Waals surface area (Å²) in [6, 6.07) is 6.07. The van der Waals surface area contributed by atoms with Crippen LogP contribution < -0.4 is 15.8 Å². The van der Waals surface area contributed by atoms with Crippen molar-refractivity contribution >= 4 is 11.8 Å². The van der Waals surface area contributed by atoms with Gasteiger partial charge in [-0.05, 0) is 37.6 Å². The van der Waals surface area contributed by atoms with Crippen molar-refractivity contribution in [2.75, 3.05) is 44.8 Å². The van der Waals surface area contributed by atoms with Crippen LogP contribution >= 0.6 is 0 Å². The van der Waals surface area contributed by atoms with Gasteiger partial charge in [0, 0.05) is 31.3 Å². The molecule has 27 heavy (non-hydrogen) atoms. The van der Waals surface area contributed by atoms with Crippen LogP contribution in [0.4, 0.5) is 11.8 Å². The smallest absolute Gasteiger partial charge is 0.222 e. The molecule has 7 nitrogen and oxygen atoms in total. The number of rotatable bonds is 7. The maximum absolute atomic E-state index is 6.17. The molecule has 7 heteroatoms. The van der Waals surface area contributed by atoms with Gasteiger partial charge in [-0.15, -0.1) is 0 Å². The van der Waals surface area contributed by atoms with E-state index in [4.69, 9.17) is 15.2 Å². The number of hydrogen-bond acceptors (Lipinski definition) is 7. The van der Waals surface area contributed by atoms with Crippen LogP contribution in [-0.2, 0) is 11.3 Å². The summed E-state index contributed by atoms with van der Waals surface area (Å²) in [6.45, 7) is 7.81. The molecular formula is C20H29N5O2. The predicted octanol–water partition coefficient (Wildman–Crippen LogP) is 2.70. The van der Waals surface area contributed by atoms with Crippen molar-refractivity contribution in [1.82, 2.24) is 14.9 Å². The van der Waals surface area contributed by atoms with E-state index in [2.05, 4.69) is 33.2 Å². The highest BCUT2D eigenvalue weighted by molar-refractivity contribution is 5.78. The molecule has 1 fully saturated rings. The summed E-state index contributed by atoms with van der Waals surface area (Å²) in [7, 11) is 3.52. The first kappa shape index (κ1) is 19.4. The summed E-state index contributed by atoms with van der Waals surface area (Å²) in [5, 5.41) is 3.11. The van der Waals surface area contributed by atoms with E-state index in [1.54, 1.807) is 7.11 Å². The zero-order valence-corrected chi connectivity index (χ0v) is 16.6. The quantitative estimate of drug-likeness (QED) is 0.774. The number of nitrogens with two attached hydrogens (primary N) is 1. The Kier molecular flexibility index (Phi) is 6.13. The van der Waals surface area contributed by atoms with Crippen molar-refractivity contribution in [3.05, 3.63) is 29.5 Å². The first-order valence-electron chi connectivity index (χ1n) is 9.38. The van der Waals surface area contributed by atoms with E-state index in [0.717, 1.165) is 54.2 Å². The van der Waals surface area contributed by atoms with Crippen molar-refractivity contribution in [2.45, 2.75) is 33.0 Å². The molecule has 0 bridgehead atoms. The van der Waals surface area contributed by atoms with Crippen LogP contribution in [0.15, 0.2) is 18.2 Å². The average molecular weight is 371 g/mol. The van der Waals surface area contributed by atoms with E-state index in [9.17, 15) is 0 Å². The van der Waals surface area contributed by atoms with Crippen LogP contribution in [0.1, 0.15) is 24.6 Å². The van der Waals surface area contributed by atoms with Gasteiger partial charge in [0.25, 0.3) is 0 Å². The van der Waals surface area contributed by atoms with Crippen LogP contribution in [0.5, 0.6) is 5.75 Å². The van der Waals surface area contributed by atoms with Crippen molar-refractivity contribution in [1.29, 1.82) is 0 Å². The van der Waals surface area contributed by atoms with Gasteiger partial charge >= 0.3 is 0 Å². The Balaban J connectivity index is 1.86. The molecule has 3 rings (SSSR count). The minimum atomic E-state index is 0.263. The van der Waals surface area contributed by atoms with E-state index >= 15 is 0 Å². The third-order valence-corrected chi connectivity index (χ3v) is 5.06. The molecule has 1 aliphatic rings. The highest BCUT2D eigenvalue weighted by Crippen LogP contribution is 2.33. The van der Waals surface area contributed by atoms with Crippen LogP contribution in [0, 0.1) is 6.92 Å². The number of methoxy groups -OCH3 is 1. The number of likely N-dealkylation sites (tertiary alicyclic amines) is 1. The SMILES string of the molecule is CCN1CCC(OCc2cc(-c3c(C)nc(N)nc3NC)ccc2OC)C1. The molecule has 0 amide bonds. The minimum absolute atomic E-state index is 0.263. The standard InChI is InChI=1S/C20H29N5O2/c1-5-25-9-8-16(11-25)27-12-15-10-14(6-7-17(15)26-4)18-13(2)23-20(21)24-19(18)22-3/h6-7,10,16H,5,8-9,11-12H2,1-4H3,(H3,21,22,23,24). The highest BCUT2D eigenvalue weighted by atomic mass is 16.5. The van der Waals surface area contributed by atoms with Gasteiger partial charge in [0.1, 0.15) is 11.6 Å². The molecule has 0 saturated carbocycles. The van der Waals surface area contributed by atoms with Gasteiger partial charge in [0.05, 0.1) is 25.5 Å². The molecule has 1 aliphatic heterocycles. The molecule has 1 aromatic heterocycles. The highest BCUT2D eigenvalue weighted by Gasteiger charge is 2.22. The fourth-order valence-electron chi connectivity index (χ4n) is 3.60. The molecule has 1 atom stereocenters. The number of nitrogens with zero attached hydrogens (tertiary/aromatic N) is 3. The maximum Gasteiger partial charge on any atom is 0.222 e. The van der Waals surface area contributed by atoms with E-state index in [-0.39, 0.29) is 12.1 Å². The second kappa shape index (κ2) is 8.54. The third-order valence-electron chi connectivity index (χ3n) is 5.06. The van der Waals surface area contributed by atoms with Gasteiger partial charge in [0.15, 0.2) is 0 Å². The van der Waals surface area contributed by atoms with Gasteiger partial charge in [-0.1, -0.05) is 13.0 Å². The van der Waals surface area contributed by atoms with E-state index in [0.29, 0.717) is 12.4 Å². The molecule has 1 saturated heterocycles. The number of nitrogen functional groups attached to an aromatic ring is 1. The summed E-state index contributed by atoms with van der Waals surface area (Å²) >= 11 is 0. The van der Waals surface area contributed by atoms with Gasteiger partial charge in [-0.25, -0.2) is 4.98 Å². The first-order valence-corrected chi connectivity index (χ1v) is 9.38. The lowest BCUT2D eigenvalue weighted by Gasteiger charge is -2.17. The van der Waals surface area contributed by atoms with Gasteiger partial charge < -0.3 is 25.4 Å². The lowest BCUT2D eigenvalue weighted by Crippen LogP contribution is -2.22. The summed E-state index contributed by atoms with van der Waals surface area (Å²) < 4.78 is 11.7. The first-order chi connectivity index (χ1) is 13.0. The molecule has 1 unspecified atom stereocenters. The maximum atomic E-state index is 6.17. The van der Waals surface area contributed by atoms with Crippen LogP contribution in [0.25, 0.3) is 11.1 Å². The molecule has 0 aliphatic carbocycles. The molecule has 2 heterocycles. The molecule has 2 aromatic rings. The van der Waals surface area contributed by atoms with E-state index < -0.39 is 0 Å². The normalized spacial score (nSPS) is 17.3. The van der Waals surface area contributed by atoms with E-state index in [1.807, 2.05) is 26.1 Å². The Labute approximate surface area is 160 Å². The summed E-state index contributed by atoms with van der Waals surface area (Å²) in [5.74, 6) is 1.80. The fraction of sp³-hybridized carbons (Fsp3) is 0.500. The lowest BCUT2D eigenvalue weighted by molar-refractivity contribution is 0.0460. The van der Waals surface area contributed by atoms with Crippen LogP contribution in [0.2, 0.25) is 0 Å². The summed E-state index contributed by atoms with van der Waals surface area (Å²) in [5.41, 5.74) is 9.59. The number of likely N-dealkylation sites (N-methyl/N-ethyl adjacent to an activating group) is 1. The number of ether oxygens (including phenoxy) is 2. The van der Waals surface area contributed by atoms with Crippen molar-refractivity contribution in [3.63, 3.8) is 0 Å². The van der Waals surface area contributed by atoms with Gasteiger partial charge in [0.2, 0.25) is 5.95 Å². The Morgan fingerprint density at radius 2 is 2.15 bits per heavy atom. The van der Waals surface area contributed by atoms with Crippen LogP contribution in [-0.4, -0.2) is 54.8 Å². The predicted molar refractivity (Wildman–Crippen MR) is 108 cm³/mol. The Morgan fingerprint density at radius 3 is 2.81 bits per heavy atom. The number of benzene rings is 1. The topological polar surface area (TPSA) is 85.5 Å². The number of hydrogen-bond donors (Lipinski definition) is 2. The number of aryl methyl sites for hydroxylation is 1. The van der Waals surface area contributed by atoms with Gasteiger partial charge in [-0.2, -0.15) is 4.98 Å². The molecule has 146 valence electrons. The third kappa shape index (κ3) is 4.31. The second-order valence-electron chi connectivity index (χ2n) is 6.78. The second-order valence-corrected chi connectivity index (χ2v) is 6.78. The Morgan fingerprint density at radius 1 is 1.33 bits per heavy atom. The van der Waals surface area contributed by atoms with Crippen molar-refractivity contribution in [3.8, 4) is 16.9 Å². The molecular weight excluding hydrogens is 342 g/mol. The number of nitrogens with one attached hydrogen (secondary N) is 1. The molecule has 1 aromatic carbocycles. The van der Waals surface area contributed by atoms with Gasteiger partial charge in [-0.3, -0.25) is 0 Å². The van der Waals surface area contributed by atoms with Crippen LogP contribution in [0.3, 0.4) is 0 Å². The van der Waals surface area contributed by atoms with Crippen molar-refractivity contribution in [2.24, 2.45) is 0 Å². The number of aromatic nitrogens is 2. The molecule has 0 spiro atoms.